The van der Waals surface area contributed by atoms with Crippen LogP contribution in [0.2, 0.25) is 24.8 Å². The van der Waals surface area contributed by atoms with E-state index in [1.165, 1.54) is 7.11 Å². The zero-order valence-corrected chi connectivity index (χ0v) is 53.3. The Balaban J connectivity index is 0.816. The second kappa shape index (κ2) is 24.6. The zero-order chi connectivity index (χ0) is 60.0. The summed E-state index contributed by atoms with van der Waals surface area (Å²) in [5, 5.41) is 48.2. The zero-order valence-electron chi connectivity index (χ0n) is 50.4. The number of aliphatic hydroxyl groups is 3. The number of nitrogens with one attached hydrogen (secondary N) is 2. The van der Waals surface area contributed by atoms with Crippen LogP contribution in [0.3, 0.4) is 0 Å². The monoisotopic (exact) mass is 1220 g/mol. The Labute approximate surface area is 504 Å². The van der Waals surface area contributed by atoms with Gasteiger partial charge in [-0.3, -0.25) is 19.4 Å². The van der Waals surface area contributed by atoms with Crippen LogP contribution in [0, 0.1) is 11.3 Å². The van der Waals surface area contributed by atoms with Gasteiger partial charge in [-0.25, -0.2) is 9.97 Å². The summed E-state index contributed by atoms with van der Waals surface area (Å²) in [6, 6.07) is 12.0. The Hall–Kier alpha value is -4.93. The van der Waals surface area contributed by atoms with Crippen LogP contribution in [0.4, 0.5) is 5.69 Å². The van der Waals surface area contributed by atoms with Crippen molar-refractivity contribution >= 4 is 56.9 Å². The average molecular weight is 1220 g/mol. The molecule has 3 unspecified atom stereocenters. The first-order valence-electron chi connectivity index (χ1n) is 30.5. The van der Waals surface area contributed by atoms with E-state index < -0.39 is 68.1 Å². The van der Waals surface area contributed by atoms with E-state index in [1.807, 2.05) is 44.0 Å². The molecule has 12 atom stereocenters. The number of nitrogens with zero attached hydrogens (tertiary/aromatic N) is 8. The molecule has 3 saturated heterocycles. The maximum absolute atomic E-state index is 15.6. The number of H-pyrrole nitrogens is 1. The molecule has 1 aliphatic carbocycles. The van der Waals surface area contributed by atoms with Crippen molar-refractivity contribution in [2.75, 3.05) is 110 Å². The minimum absolute atomic E-state index is 0.108. The molecule has 7 aliphatic rings. The number of likely N-dealkylation sites (N-methyl/N-ethyl adjacent to an activating group) is 1. The number of aromatic nitrogens is 3. The van der Waals surface area contributed by atoms with Gasteiger partial charge in [0.05, 0.1) is 65.5 Å². The number of ether oxygens (including phenoxy) is 5. The number of azide groups is 1. The number of aromatic amines is 1. The molecule has 1 saturated carbocycles. The normalized spacial score (nSPS) is 33.5. The molecule has 2 aromatic carbocycles. The molecule has 2 bridgehead atoms. The lowest BCUT2D eigenvalue weighted by Crippen LogP contribution is -2.81. The molecule has 5 N–H and O–H groups in total. The van der Waals surface area contributed by atoms with Gasteiger partial charge in [-0.2, -0.15) is 0 Å². The fraction of sp³-hybridized carbons (Fsp3) is 0.639. The topological polar surface area (TPSA) is 262 Å². The number of esters is 1. The van der Waals surface area contributed by atoms with Gasteiger partial charge < -0.3 is 58.3 Å². The van der Waals surface area contributed by atoms with Gasteiger partial charge in [-0.1, -0.05) is 61.1 Å². The largest absolute Gasteiger partial charge is 0.496 e. The number of thioether (sulfide) groups is 1. The number of carbonyl (C=O) groups excluding carboxylic acids is 2. The number of benzene rings is 2. The fourth-order valence-corrected chi connectivity index (χ4v) is 34.1. The molecular formula is C61H86N10O11SSi2. The number of anilines is 1. The van der Waals surface area contributed by atoms with Crippen molar-refractivity contribution in [3.63, 3.8) is 0 Å². The number of fused-ring (bicyclic) bond motifs is 6. The second-order valence-electron chi connectivity index (χ2n) is 25.6. The van der Waals surface area contributed by atoms with Crippen LogP contribution in [0.5, 0.6) is 5.75 Å². The third-order valence-electron chi connectivity index (χ3n) is 20.2. The molecule has 4 fully saturated rings. The highest BCUT2D eigenvalue weighted by molar-refractivity contribution is 8.00. The molecule has 85 heavy (non-hydrogen) atoms. The van der Waals surface area contributed by atoms with Crippen LogP contribution in [0.25, 0.3) is 21.3 Å². The maximum Gasteiger partial charge on any atom is 0.322 e. The van der Waals surface area contributed by atoms with Crippen LogP contribution in [0.15, 0.2) is 71.2 Å². The molecule has 1 amide bonds. The van der Waals surface area contributed by atoms with Crippen molar-refractivity contribution in [3.8, 4) is 5.75 Å². The smallest absolute Gasteiger partial charge is 0.322 e. The first-order chi connectivity index (χ1) is 40.9. The van der Waals surface area contributed by atoms with E-state index in [0.717, 1.165) is 56.1 Å². The van der Waals surface area contributed by atoms with Crippen molar-refractivity contribution < 1.29 is 52.7 Å². The highest BCUT2D eigenvalue weighted by Crippen LogP contribution is 2.68. The van der Waals surface area contributed by atoms with Gasteiger partial charge in [0.2, 0.25) is 0 Å². The molecule has 11 rings (SSSR count). The summed E-state index contributed by atoms with van der Waals surface area (Å²) < 4.78 is 36.0. The fourth-order valence-electron chi connectivity index (χ4n) is 16.9. The number of para-hydroxylation sites is 1. The first kappa shape index (κ1) is 61.7. The highest BCUT2D eigenvalue weighted by Gasteiger charge is 2.79. The van der Waals surface area contributed by atoms with E-state index in [0.29, 0.717) is 147 Å². The molecule has 2 aromatic heterocycles. The second-order valence-corrected chi connectivity index (χ2v) is 35.9. The Morgan fingerprint density at radius 2 is 1.74 bits per heavy atom. The van der Waals surface area contributed by atoms with E-state index in [2.05, 4.69) is 83.5 Å². The van der Waals surface area contributed by atoms with Crippen molar-refractivity contribution in [3.05, 3.63) is 99.3 Å². The Morgan fingerprint density at radius 3 is 2.47 bits per heavy atom. The van der Waals surface area contributed by atoms with Crippen molar-refractivity contribution in [2.45, 2.75) is 136 Å². The summed E-state index contributed by atoms with van der Waals surface area (Å²) in [6.07, 6.45) is 10.1. The number of piperidine rings is 1. The van der Waals surface area contributed by atoms with E-state index in [-0.39, 0.29) is 12.0 Å². The molecule has 0 radical (unpaired) electrons. The molecule has 24 heteroatoms. The predicted octanol–water partition coefficient (Wildman–Crippen LogP) is 6.46. The predicted molar refractivity (Wildman–Crippen MR) is 328 cm³/mol. The van der Waals surface area contributed by atoms with Crippen molar-refractivity contribution in [2.24, 2.45) is 16.4 Å². The van der Waals surface area contributed by atoms with Crippen LogP contribution in [0.1, 0.15) is 80.3 Å². The number of hydrogen-bond acceptors (Lipinski definition) is 18. The van der Waals surface area contributed by atoms with Gasteiger partial charge in [0.25, 0.3) is 5.91 Å². The van der Waals surface area contributed by atoms with E-state index in [1.54, 1.807) is 31.3 Å². The number of methoxy groups -OCH3 is 2. The maximum atomic E-state index is 15.6. The minimum atomic E-state index is -2.28. The minimum Gasteiger partial charge on any atom is -0.496 e. The van der Waals surface area contributed by atoms with Crippen LogP contribution < -0.4 is 15.0 Å². The van der Waals surface area contributed by atoms with E-state index >= 15 is 9.59 Å². The number of aliphatic hydroxyl groups excluding tert-OH is 1. The van der Waals surface area contributed by atoms with E-state index in [9.17, 15) is 15.3 Å². The van der Waals surface area contributed by atoms with Crippen LogP contribution in [-0.2, 0) is 56.5 Å². The molecule has 8 heterocycles. The Morgan fingerprint density at radius 1 is 0.988 bits per heavy atom. The third-order valence-corrected chi connectivity index (χ3v) is 35.0. The Kier molecular flexibility index (Phi) is 17.8. The lowest BCUT2D eigenvalue weighted by atomic mass is 9.47. The van der Waals surface area contributed by atoms with Crippen LogP contribution in [-0.4, -0.2) is 203 Å². The molecule has 21 nitrogen and oxygen atoms in total. The van der Waals surface area contributed by atoms with Gasteiger partial charge in [0.15, 0.2) is 27.4 Å². The third kappa shape index (κ3) is 10.8. The van der Waals surface area contributed by atoms with Gasteiger partial charge in [0.1, 0.15) is 17.3 Å². The number of carbonyl (C=O) groups is 2. The highest BCUT2D eigenvalue weighted by atomic mass is 32.2. The lowest BCUT2D eigenvalue weighted by molar-refractivity contribution is -0.203. The Bertz CT molecular complexity index is 3190. The summed E-state index contributed by atoms with van der Waals surface area (Å²) in [7, 11) is 0.895. The summed E-state index contributed by atoms with van der Waals surface area (Å²) in [5.74, 6) is -0.667. The molecule has 1 spiro atoms. The van der Waals surface area contributed by atoms with Gasteiger partial charge in [-0.05, 0) is 111 Å². The number of hydrogen-bond donors (Lipinski definition) is 5. The molecule has 460 valence electrons. The molecular weight excluding hydrogens is 1140 g/mol. The summed E-state index contributed by atoms with van der Waals surface area (Å²) >= 11 is 1.62. The number of rotatable bonds is 24. The standard InChI is InChI=1S/C61H86N10O11SSi2/c1-8-57(75)32-41-33-60(55(74)78-5,50-44(16-22-70(36-41)38-57)43-14-10-11-15-47(43)67-50)46-30-45-48(31-49(46)77-4)69(3)52-59(45)18-23-71-21-12-17-58(9-2,51(59)71)53(72)61(52,76)54(73)63-19-13-29-84(6)40-85(7,82-84)39-83-56-64-34-42(35-65-56)37-81-28-27-80-26-25-79-24-20-66-68-62/h10-12,14-15,17,30-31,34-35,41,51-53,67,72,75-76H,8-9,13,16,18-29,32-33,36-40H2,1-7H3,(H,63,73)/t41-,51-,52+,53+,57-,58+,59+,60-,61-,84?,85?/m0/s1. The average Bonchev–Trinajstić information content (AvgIpc) is 1.55. The lowest BCUT2D eigenvalue weighted by Gasteiger charge is -2.63. The van der Waals surface area contributed by atoms with Gasteiger partial charge in [-0.15, -0.1) is 0 Å². The summed E-state index contributed by atoms with van der Waals surface area (Å²) in [4.78, 5) is 53.5. The van der Waals surface area contributed by atoms with Crippen molar-refractivity contribution in [1.82, 2.24) is 30.1 Å². The molecule has 4 aromatic rings. The SMILES string of the molecule is CC[C@]1(O)C[C@@H]2CN(CCc3c([nH]c4ccccc34)[C@@](C(=O)OC)(c3cc4c(cc3OC)N(C)[C@H]3[C@@](O)(C(=O)NCCC[Si]5(C)C[Si](C)(CSc6ncc(COCCOCCOCCN=[N+]=[N-])cn6)O5)[C@H](O)[C@]5(CC)C=CCN6CC[C@]43[C@@H]65)C2)C1. The first-order valence-corrected chi connectivity index (χ1v) is 37.1. The van der Waals surface area contributed by atoms with E-state index in [4.69, 9.17) is 33.3 Å². The molecule has 6 aliphatic heterocycles. The van der Waals surface area contributed by atoms with Gasteiger partial charge in [0, 0.05) is 125 Å². The quantitative estimate of drug-likeness (QED) is 0.00581. The van der Waals surface area contributed by atoms with Crippen LogP contribution >= 0.6 is 11.8 Å². The van der Waals surface area contributed by atoms with Gasteiger partial charge >= 0.3 is 5.97 Å². The summed E-state index contributed by atoms with van der Waals surface area (Å²) in [6.45, 7) is 14.9. The number of amides is 1. The van der Waals surface area contributed by atoms with Crippen molar-refractivity contribution in [1.29, 1.82) is 0 Å². The summed E-state index contributed by atoms with van der Waals surface area (Å²) in [5.41, 5.74) is 8.71.